The van der Waals surface area contributed by atoms with Gasteiger partial charge in [-0.25, -0.2) is 13.8 Å². The molecule has 2 heterocycles. The summed E-state index contributed by atoms with van der Waals surface area (Å²) in [5.41, 5.74) is 0.356. The Balaban J connectivity index is 2.01. The van der Waals surface area contributed by atoms with E-state index in [1.807, 2.05) is 37.3 Å². The number of carbonyl (C=O) groups excluding carboxylic acids is 1. The minimum Gasteiger partial charge on any atom is -0.480 e. The van der Waals surface area contributed by atoms with E-state index < -0.39 is 29.0 Å². The number of hydrogen-bond donors (Lipinski definition) is 3. The maximum atomic E-state index is 15.2. The summed E-state index contributed by atoms with van der Waals surface area (Å²) in [7, 11) is 3.17. The zero-order valence-electron chi connectivity index (χ0n) is 20.0. The monoisotopic (exact) mass is 517 g/mol. The molecule has 0 unspecified atom stereocenters. The molecule has 0 spiro atoms. The van der Waals surface area contributed by atoms with Crippen LogP contribution < -0.4 is 20.1 Å². The Kier molecular flexibility index (Phi) is 7.44. The second kappa shape index (κ2) is 10.4. The van der Waals surface area contributed by atoms with Crippen LogP contribution in [0.3, 0.4) is 0 Å². The van der Waals surface area contributed by atoms with Crippen LogP contribution in [0.4, 0.5) is 8.78 Å². The Morgan fingerprint density at radius 3 is 2.58 bits per heavy atom. The SMILES string of the molecule is CNC[C@]1(c2ccccc2)Oc2cc(F)c(Cl)c(-c3nc(OCCO)c(F)cc3C(=O)NC)c2[C@@H]1C. The van der Waals surface area contributed by atoms with Gasteiger partial charge >= 0.3 is 0 Å². The van der Waals surface area contributed by atoms with E-state index in [0.29, 0.717) is 12.1 Å². The van der Waals surface area contributed by atoms with Gasteiger partial charge in [0.25, 0.3) is 11.8 Å². The first kappa shape index (κ1) is 25.8. The van der Waals surface area contributed by atoms with Crippen LogP contribution in [0.25, 0.3) is 11.3 Å². The lowest BCUT2D eigenvalue weighted by atomic mass is 9.78. The largest absolute Gasteiger partial charge is 0.480 e. The fourth-order valence-electron chi connectivity index (χ4n) is 4.68. The van der Waals surface area contributed by atoms with Crippen LogP contribution in [0.15, 0.2) is 42.5 Å². The summed E-state index contributed by atoms with van der Waals surface area (Å²) in [5, 5.41) is 14.4. The zero-order valence-corrected chi connectivity index (χ0v) is 20.7. The summed E-state index contributed by atoms with van der Waals surface area (Å²) in [6.07, 6.45) is 0. The number of benzene rings is 2. The van der Waals surface area contributed by atoms with Crippen LogP contribution in [-0.4, -0.2) is 49.9 Å². The molecule has 4 rings (SSSR count). The molecule has 0 fully saturated rings. The van der Waals surface area contributed by atoms with Crippen LogP contribution in [-0.2, 0) is 5.60 Å². The van der Waals surface area contributed by atoms with Gasteiger partial charge < -0.3 is 25.2 Å². The van der Waals surface area contributed by atoms with Crippen molar-refractivity contribution < 1.29 is 28.2 Å². The van der Waals surface area contributed by atoms with Gasteiger partial charge in [-0.1, -0.05) is 48.9 Å². The maximum absolute atomic E-state index is 15.2. The molecule has 0 bridgehead atoms. The molecule has 3 aromatic rings. The van der Waals surface area contributed by atoms with E-state index >= 15 is 4.39 Å². The first-order valence-corrected chi connectivity index (χ1v) is 11.7. The van der Waals surface area contributed by atoms with Crippen LogP contribution in [0.2, 0.25) is 5.02 Å². The number of pyridine rings is 1. The average molecular weight is 518 g/mol. The first-order chi connectivity index (χ1) is 17.3. The number of rotatable bonds is 8. The lowest BCUT2D eigenvalue weighted by molar-refractivity contribution is 0.0719. The van der Waals surface area contributed by atoms with Crippen molar-refractivity contribution in [2.75, 3.05) is 33.9 Å². The zero-order chi connectivity index (χ0) is 26.0. The standard InChI is InChI=1S/C26H26ClF2N3O4/c1-14-20-19(36-26(14,13-30-2)15-7-5-4-6-8-15)12-17(28)22(27)21(20)23-16(24(34)31-3)11-18(29)25(32-23)35-10-9-33/h4-8,11-12,14,30,33H,9-10,13H2,1-3H3,(H,31,34)/t14-,26-/m0/s1. The molecular weight excluding hydrogens is 492 g/mol. The van der Waals surface area contributed by atoms with Crippen LogP contribution in [0.1, 0.15) is 34.3 Å². The molecule has 2 atom stereocenters. The van der Waals surface area contributed by atoms with Crippen molar-refractivity contribution in [2.24, 2.45) is 0 Å². The number of aliphatic hydroxyl groups is 1. The molecule has 190 valence electrons. The normalized spacial score (nSPS) is 18.5. The number of hydrogen-bond acceptors (Lipinski definition) is 6. The quantitative estimate of drug-likeness (QED) is 0.418. The smallest absolute Gasteiger partial charge is 0.253 e. The Morgan fingerprint density at radius 2 is 1.94 bits per heavy atom. The molecule has 7 nitrogen and oxygen atoms in total. The van der Waals surface area contributed by atoms with Crippen molar-refractivity contribution in [1.29, 1.82) is 0 Å². The molecule has 10 heteroatoms. The third-order valence-corrected chi connectivity index (χ3v) is 6.70. The molecular formula is C26H26ClF2N3O4. The Bertz CT molecular complexity index is 1290. The molecule has 2 aromatic carbocycles. The van der Waals surface area contributed by atoms with Gasteiger partial charge in [0.1, 0.15) is 18.2 Å². The van der Waals surface area contributed by atoms with Gasteiger partial charge in [-0.2, -0.15) is 0 Å². The number of halogens is 3. The van der Waals surface area contributed by atoms with Gasteiger partial charge in [0.2, 0.25) is 0 Å². The number of nitrogens with one attached hydrogen (secondary N) is 2. The Hall–Kier alpha value is -3.27. The van der Waals surface area contributed by atoms with E-state index in [0.717, 1.165) is 11.6 Å². The van der Waals surface area contributed by atoms with Crippen LogP contribution >= 0.6 is 11.6 Å². The second-order valence-corrected chi connectivity index (χ2v) is 8.77. The second-order valence-electron chi connectivity index (χ2n) is 8.39. The highest BCUT2D eigenvalue weighted by Gasteiger charge is 2.49. The number of nitrogens with zero attached hydrogens (tertiary/aromatic N) is 1. The number of aromatic nitrogens is 1. The van der Waals surface area contributed by atoms with Crippen LogP contribution in [0.5, 0.6) is 11.6 Å². The number of likely N-dealkylation sites (N-methyl/N-ethyl adjacent to an activating group) is 1. The van der Waals surface area contributed by atoms with E-state index in [2.05, 4.69) is 15.6 Å². The summed E-state index contributed by atoms with van der Waals surface area (Å²) < 4.78 is 41.6. The van der Waals surface area contributed by atoms with Crippen LogP contribution in [0, 0.1) is 11.6 Å². The highest BCUT2D eigenvalue weighted by Crippen LogP contribution is 2.55. The number of fused-ring (bicyclic) bond motifs is 1. The van der Waals surface area contributed by atoms with Gasteiger partial charge in [0, 0.05) is 36.7 Å². The van der Waals surface area contributed by atoms with Gasteiger partial charge in [-0.05, 0) is 18.7 Å². The topological polar surface area (TPSA) is 92.7 Å². The van der Waals surface area contributed by atoms with Gasteiger partial charge in [-0.15, -0.1) is 0 Å². The summed E-state index contributed by atoms with van der Waals surface area (Å²) in [5.74, 6) is -2.93. The van der Waals surface area contributed by atoms with Crippen molar-refractivity contribution in [2.45, 2.75) is 18.4 Å². The highest BCUT2D eigenvalue weighted by molar-refractivity contribution is 6.34. The van der Waals surface area contributed by atoms with Crippen molar-refractivity contribution in [3.63, 3.8) is 0 Å². The molecule has 1 aliphatic heterocycles. The van der Waals surface area contributed by atoms with E-state index in [1.54, 1.807) is 7.05 Å². The van der Waals surface area contributed by atoms with Crippen molar-refractivity contribution in [3.8, 4) is 22.9 Å². The summed E-state index contributed by atoms with van der Waals surface area (Å²) >= 11 is 6.52. The van der Waals surface area contributed by atoms with E-state index in [4.69, 9.17) is 26.2 Å². The number of aliphatic hydroxyl groups excluding tert-OH is 1. The van der Waals surface area contributed by atoms with E-state index in [9.17, 15) is 9.18 Å². The predicted octanol–water partition coefficient (Wildman–Crippen LogP) is 4.02. The summed E-state index contributed by atoms with van der Waals surface area (Å²) in [4.78, 5) is 17.0. The number of amides is 1. The van der Waals surface area contributed by atoms with Crippen molar-refractivity contribution in [1.82, 2.24) is 15.6 Å². The first-order valence-electron chi connectivity index (χ1n) is 11.4. The highest BCUT2D eigenvalue weighted by atomic mass is 35.5. The minimum absolute atomic E-state index is 0.0618. The molecule has 0 aliphatic carbocycles. The summed E-state index contributed by atoms with van der Waals surface area (Å²) in [6, 6.07) is 11.7. The molecule has 1 aliphatic rings. The van der Waals surface area contributed by atoms with Gasteiger partial charge in [0.15, 0.2) is 11.4 Å². The molecule has 0 saturated carbocycles. The van der Waals surface area contributed by atoms with Gasteiger partial charge in [0.05, 0.1) is 22.9 Å². The maximum Gasteiger partial charge on any atom is 0.253 e. The fourth-order valence-corrected chi connectivity index (χ4v) is 4.92. The van der Waals surface area contributed by atoms with Crippen molar-refractivity contribution >= 4 is 17.5 Å². The lowest BCUT2D eigenvalue weighted by Crippen LogP contribution is -2.43. The molecule has 36 heavy (non-hydrogen) atoms. The molecule has 1 amide bonds. The minimum atomic E-state index is -0.923. The summed E-state index contributed by atoms with van der Waals surface area (Å²) in [6.45, 7) is 1.70. The number of ether oxygens (including phenoxy) is 2. The van der Waals surface area contributed by atoms with E-state index in [-0.39, 0.29) is 46.7 Å². The Morgan fingerprint density at radius 1 is 1.22 bits per heavy atom. The van der Waals surface area contributed by atoms with Gasteiger partial charge in [-0.3, -0.25) is 4.79 Å². The van der Waals surface area contributed by atoms with E-state index in [1.165, 1.54) is 13.1 Å². The predicted molar refractivity (Wildman–Crippen MR) is 132 cm³/mol. The Labute approximate surface area is 212 Å². The van der Waals surface area contributed by atoms with Crippen molar-refractivity contribution in [3.05, 3.63) is 75.8 Å². The number of carbonyl (C=O) groups is 1. The average Bonchev–Trinajstić information content (AvgIpc) is 3.16. The lowest BCUT2D eigenvalue weighted by Gasteiger charge is -2.33. The molecule has 3 N–H and O–H groups in total. The third kappa shape index (κ3) is 4.27. The third-order valence-electron chi connectivity index (χ3n) is 6.33. The fraction of sp³-hybridized carbons (Fsp3) is 0.308. The molecule has 0 saturated heterocycles. The molecule has 1 aromatic heterocycles. The molecule has 0 radical (unpaired) electrons.